The van der Waals surface area contributed by atoms with E-state index in [4.69, 9.17) is 0 Å². The Morgan fingerprint density at radius 2 is 1.55 bits per heavy atom. The van der Waals surface area contributed by atoms with Crippen LogP contribution in [0.4, 0.5) is 0 Å². The molecule has 0 nitrogen and oxygen atoms in total. The fraction of sp³-hybridized carbons (Fsp3) is 0.333. The largest absolute Gasteiger partial charge is 0.0959 e. The Hall–Kier alpha value is -0.629. The zero-order valence-electron chi connectivity index (χ0n) is 13.4. The second-order valence-electron chi connectivity index (χ2n) is 5.59. The average molecular weight is 317 g/mol. The van der Waals surface area contributed by atoms with Crippen LogP contribution in [-0.2, 0) is 21.7 Å². The van der Waals surface area contributed by atoms with Crippen molar-refractivity contribution >= 4 is 14.9 Å². The number of fused-ring (bicyclic) bond motifs is 1. The first kappa shape index (κ1) is 19.4. The first-order valence-corrected chi connectivity index (χ1v) is 9.31. The molecular weight excluding hydrogens is 292 g/mol. The molecule has 1 aliphatic rings. The van der Waals surface area contributed by atoms with Gasteiger partial charge in [0.1, 0.15) is 0 Å². The molecule has 1 atom stereocenters. The van der Waals surface area contributed by atoms with Gasteiger partial charge in [0.25, 0.3) is 0 Å². The minimum atomic E-state index is -0.241. The van der Waals surface area contributed by atoms with Crippen LogP contribution in [0.2, 0.25) is 13.1 Å². The van der Waals surface area contributed by atoms with Crippen LogP contribution in [0.25, 0.3) is 6.08 Å². The molecule has 1 aliphatic carbocycles. The van der Waals surface area contributed by atoms with Crippen molar-refractivity contribution in [3.63, 3.8) is 0 Å². The van der Waals surface area contributed by atoms with Gasteiger partial charge in [-0.25, -0.2) is 0 Å². The van der Waals surface area contributed by atoms with Crippen molar-refractivity contribution in [1.82, 2.24) is 0 Å². The monoisotopic (exact) mass is 317 g/mol. The van der Waals surface area contributed by atoms with Crippen LogP contribution in [0.5, 0.6) is 0 Å². The van der Waals surface area contributed by atoms with E-state index in [1.54, 1.807) is 11.1 Å². The van der Waals surface area contributed by atoms with Crippen molar-refractivity contribution in [1.29, 1.82) is 0 Å². The molecule has 0 N–H and O–H groups in total. The van der Waals surface area contributed by atoms with Crippen molar-refractivity contribution in [2.45, 2.75) is 39.4 Å². The molecule has 0 saturated carbocycles. The molecule has 105 valence electrons. The molecule has 0 saturated heterocycles. The number of benzene rings is 1. The number of hydrogen-bond donors (Lipinski definition) is 0. The zero-order valence-corrected chi connectivity index (χ0v) is 15.9. The maximum atomic E-state index is 3.66. The van der Waals surface area contributed by atoms with Crippen LogP contribution in [0.3, 0.4) is 0 Å². The van der Waals surface area contributed by atoms with Gasteiger partial charge < -0.3 is 0 Å². The summed E-state index contributed by atoms with van der Waals surface area (Å²) in [6.07, 6.45) is 2.34. The van der Waals surface area contributed by atoms with Gasteiger partial charge in [-0.3, -0.25) is 0 Å². The molecule has 0 bridgehead atoms. The predicted octanol–water partition coefficient (Wildman–Crippen LogP) is 5.62. The quantitative estimate of drug-likeness (QED) is 0.491. The van der Waals surface area contributed by atoms with Crippen molar-refractivity contribution in [3.05, 3.63) is 65.3 Å². The maximum Gasteiger partial charge on any atom is 0.0551 e. The smallest absolute Gasteiger partial charge is 0.0551 e. The van der Waals surface area contributed by atoms with E-state index in [0.29, 0.717) is 0 Å². The Bertz CT molecular complexity index is 500. The Morgan fingerprint density at radius 3 is 2.00 bits per heavy atom. The van der Waals surface area contributed by atoms with Gasteiger partial charge in [-0.05, 0) is 37.4 Å². The summed E-state index contributed by atoms with van der Waals surface area (Å²) in [5.74, 6) is 0. The molecule has 0 aromatic heterocycles. The molecule has 2 rings (SSSR count). The molecule has 1 radical (unpaired) electrons. The first-order chi connectivity index (χ1) is 8.84. The Morgan fingerprint density at radius 1 is 1.05 bits per heavy atom. The van der Waals surface area contributed by atoms with Gasteiger partial charge in [0.15, 0.2) is 0 Å². The van der Waals surface area contributed by atoms with E-state index in [-0.39, 0.29) is 30.5 Å². The van der Waals surface area contributed by atoms with E-state index in [2.05, 4.69) is 63.5 Å². The molecular formula is C18H25SiTi. The first-order valence-electron chi connectivity index (χ1n) is 6.73. The Balaban J connectivity index is 0.000000448. The summed E-state index contributed by atoms with van der Waals surface area (Å²) in [5, 5.41) is 0. The topological polar surface area (TPSA) is 0 Å². The van der Waals surface area contributed by atoms with E-state index >= 15 is 0 Å². The summed E-state index contributed by atoms with van der Waals surface area (Å²) in [6, 6.07) is 8.79. The molecule has 0 aliphatic heterocycles. The van der Waals surface area contributed by atoms with Crippen molar-refractivity contribution in [2.24, 2.45) is 0 Å². The van der Waals surface area contributed by atoms with Crippen LogP contribution in [0.15, 0.2) is 54.1 Å². The van der Waals surface area contributed by atoms with Gasteiger partial charge >= 0.3 is 0 Å². The minimum Gasteiger partial charge on any atom is -0.0959 e. The fourth-order valence-corrected chi connectivity index (χ4v) is 4.12. The summed E-state index contributed by atoms with van der Waals surface area (Å²) in [4.78, 5) is 0. The Labute approximate surface area is 141 Å². The summed E-state index contributed by atoms with van der Waals surface area (Å²) in [5.41, 5.74) is 7.43. The van der Waals surface area contributed by atoms with Gasteiger partial charge in [0.05, 0.1) is 8.80 Å². The standard InChI is InChI=1S/C12H15Si.C6H10.Ti/c1-9-8-10-6-4-5-7-11(10)12(9)13(2)3;1-5(2)6(3)4;/h4-8,12H,1-3H3;1,3H2,2,4H3;. The second-order valence-corrected chi connectivity index (χ2v) is 8.32. The zero-order chi connectivity index (χ0) is 14.6. The summed E-state index contributed by atoms with van der Waals surface area (Å²) in [7, 11) is -0.241. The van der Waals surface area contributed by atoms with Crippen LogP contribution in [0, 0.1) is 0 Å². The number of rotatable bonds is 2. The molecule has 0 fully saturated rings. The third-order valence-corrected chi connectivity index (χ3v) is 5.37. The van der Waals surface area contributed by atoms with Crippen molar-refractivity contribution in [3.8, 4) is 0 Å². The van der Waals surface area contributed by atoms with E-state index in [1.165, 1.54) is 5.56 Å². The normalized spacial score (nSPS) is 15.5. The molecule has 1 unspecified atom stereocenters. The van der Waals surface area contributed by atoms with Crippen molar-refractivity contribution in [2.75, 3.05) is 0 Å². The van der Waals surface area contributed by atoms with Crippen LogP contribution < -0.4 is 0 Å². The van der Waals surface area contributed by atoms with E-state index in [9.17, 15) is 0 Å². The summed E-state index contributed by atoms with van der Waals surface area (Å²) >= 11 is 0. The van der Waals surface area contributed by atoms with Crippen LogP contribution in [0.1, 0.15) is 37.4 Å². The third kappa shape index (κ3) is 5.05. The Kier molecular flexibility index (Phi) is 8.34. The number of allylic oxidation sites excluding steroid dienone is 3. The molecule has 0 heterocycles. The predicted molar refractivity (Wildman–Crippen MR) is 89.9 cm³/mol. The van der Waals surface area contributed by atoms with Crippen molar-refractivity contribution < 1.29 is 21.7 Å². The summed E-state index contributed by atoms with van der Waals surface area (Å²) in [6.45, 7) is 18.3. The molecule has 0 amide bonds. The molecule has 1 aromatic rings. The van der Waals surface area contributed by atoms with Crippen LogP contribution in [-0.4, -0.2) is 8.80 Å². The minimum absolute atomic E-state index is 0. The molecule has 20 heavy (non-hydrogen) atoms. The second kappa shape index (κ2) is 8.61. The molecule has 1 aromatic carbocycles. The average Bonchev–Trinajstić information content (AvgIpc) is 2.65. The number of hydrogen-bond acceptors (Lipinski definition) is 0. The molecule has 2 heteroatoms. The van der Waals surface area contributed by atoms with E-state index < -0.39 is 0 Å². The maximum absolute atomic E-state index is 3.66. The molecule has 0 spiro atoms. The van der Waals surface area contributed by atoms with E-state index in [0.717, 1.165) is 16.7 Å². The van der Waals surface area contributed by atoms with Gasteiger partial charge in [-0.1, -0.05) is 73.3 Å². The van der Waals surface area contributed by atoms with Gasteiger partial charge in [0.2, 0.25) is 0 Å². The SMILES string of the molecule is C=C(C)C(=C)C.CC1=Cc2ccccc2C1[Si](C)C.[Ti]. The summed E-state index contributed by atoms with van der Waals surface area (Å²) < 4.78 is 0. The van der Waals surface area contributed by atoms with Gasteiger partial charge in [0, 0.05) is 21.7 Å². The fourth-order valence-electron chi connectivity index (χ4n) is 2.25. The van der Waals surface area contributed by atoms with Gasteiger partial charge in [-0.15, -0.1) is 0 Å². The van der Waals surface area contributed by atoms with Gasteiger partial charge in [-0.2, -0.15) is 0 Å². The third-order valence-electron chi connectivity index (χ3n) is 3.45. The van der Waals surface area contributed by atoms with Crippen LogP contribution >= 0.6 is 0 Å². The van der Waals surface area contributed by atoms with E-state index in [1.807, 2.05) is 13.8 Å².